The van der Waals surface area contributed by atoms with Gasteiger partial charge in [0.2, 0.25) is 6.29 Å². The zero-order valence-electron chi connectivity index (χ0n) is 6.46. The van der Waals surface area contributed by atoms with Crippen LogP contribution in [-0.2, 0) is 11.2 Å². The first kappa shape index (κ1) is 9.23. The summed E-state index contributed by atoms with van der Waals surface area (Å²) in [6.45, 7) is 0. The van der Waals surface area contributed by atoms with Crippen LogP contribution >= 0.6 is 11.8 Å². The number of hydrogen-bond donors (Lipinski definition) is 1. The van der Waals surface area contributed by atoms with Crippen LogP contribution in [0.1, 0.15) is 5.56 Å². The van der Waals surface area contributed by atoms with Crippen LogP contribution in [0, 0.1) is 0 Å². The van der Waals surface area contributed by atoms with Gasteiger partial charge in [-0.1, -0.05) is 30.3 Å². The maximum absolute atomic E-state index is 10.3. The van der Waals surface area contributed by atoms with Gasteiger partial charge in [0.05, 0.1) is 6.04 Å². The van der Waals surface area contributed by atoms with Crippen molar-refractivity contribution in [1.29, 1.82) is 0 Å². The van der Waals surface area contributed by atoms with Gasteiger partial charge < -0.3 is 0 Å². The molecule has 0 unspecified atom stereocenters. The minimum Gasteiger partial charge on any atom is -0.289 e. The fourth-order valence-corrected chi connectivity index (χ4v) is 1.07. The van der Waals surface area contributed by atoms with E-state index in [9.17, 15) is 4.79 Å². The maximum Gasteiger partial charge on any atom is 0.218 e. The Morgan fingerprint density at radius 3 is 2.58 bits per heavy atom. The Hall–Kier alpha value is -0.860. The monoisotopic (exact) mass is 182 g/mol. The van der Waals surface area contributed by atoms with Gasteiger partial charge >= 0.3 is 0 Å². The molecule has 12 heavy (non-hydrogen) atoms. The molecule has 1 N–H and O–H groups in total. The molecule has 0 fully saturated rings. The van der Waals surface area contributed by atoms with E-state index < -0.39 is 6.04 Å². The molecule has 1 radical (unpaired) electrons. The summed E-state index contributed by atoms with van der Waals surface area (Å²) in [5.74, 6) is 0. The molecule has 0 saturated carbocycles. The second kappa shape index (κ2) is 4.91. The topological polar surface area (TPSA) is 29.1 Å². The van der Waals surface area contributed by atoms with Crippen molar-refractivity contribution in [1.82, 2.24) is 4.84 Å². The minimum absolute atomic E-state index is 0.422. The van der Waals surface area contributed by atoms with Gasteiger partial charge in [-0.15, -0.1) is 0 Å². The van der Waals surface area contributed by atoms with Gasteiger partial charge in [0, 0.05) is 0 Å². The summed E-state index contributed by atoms with van der Waals surface area (Å²) >= 11 is 5.31. The van der Waals surface area contributed by atoms with Gasteiger partial charge in [-0.3, -0.25) is 4.79 Å². The van der Waals surface area contributed by atoms with Gasteiger partial charge in [-0.25, -0.2) is 4.84 Å². The van der Waals surface area contributed by atoms with Crippen LogP contribution in [0.25, 0.3) is 0 Å². The summed E-state index contributed by atoms with van der Waals surface area (Å²) in [5, 5.41) is 0. The van der Waals surface area contributed by atoms with Crippen molar-refractivity contribution in [2.75, 3.05) is 0 Å². The van der Waals surface area contributed by atoms with E-state index >= 15 is 0 Å². The molecule has 0 saturated heterocycles. The number of nitrogens with one attached hydrogen (secondary N) is 1. The predicted octanol–water partition coefficient (Wildman–Crippen LogP) is 1.45. The lowest BCUT2D eigenvalue weighted by atomic mass is 10.1. The molecular weight excluding hydrogens is 174 g/mol. The fraction of sp³-hybridized carbons (Fsp3) is 0.222. The molecule has 0 heterocycles. The molecule has 0 aliphatic heterocycles. The third kappa shape index (κ3) is 2.64. The zero-order chi connectivity index (χ0) is 8.81. The molecule has 0 aromatic heterocycles. The highest BCUT2D eigenvalue weighted by Crippen LogP contribution is 2.01. The second-order valence-corrected chi connectivity index (χ2v) is 2.69. The average molecular weight is 183 g/mol. The first-order chi connectivity index (χ1) is 5.86. The van der Waals surface area contributed by atoms with E-state index in [0.29, 0.717) is 6.42 Å². The van der Waals surface area contributed by atoms with E-state index in [1.54, 1.807) is 0 Å². The van der Waals surface area contributed by atoms with Gasteiger partial charge in [-0.05, 0) is 23.8 Å². The molecule has 1 atom stereocenters. The zero-order valence-corrected chi connectivity index (χ0v) is 7.21. The van der Waals surface area contributed by atoms with Crippen LogP contribution in [0.5, 0.6) is 0 Å². The molecular formula is C9H9ClNO. The summed E-state index contributed by atoms with van der Waals surface area (Å²) in [4.78, 5) is 12.6. The first-order valence-corrected chi connectivity index (χ1v) is 4.02. The van der Waals surface area contributed by atoms with Crippen molar-refractivity contribution < 1.29 is 4.79 Å². The standard InChI is InChI=1S/C9H9ClNO/c10-11-9(7-12)6-8-4-2-1-3-5-8/h1-5,9,11H,6H2/t9-/m0/s1. The van der Waals surface area contributed by atoms with E-state index in [4.69, 9.17) is 11.8 Å². The van der Waals surface area contributed by atoms with E-state index in [2.05, 4.69) is 4.84 Å². The molecule has 1 aromatic rings. The van der Waals surface area contributed by atoms with E-state index in [0.717, 1.165) is 5.56 Å². The Bertz CT molecular complexity index is 238. The second-order valence-electron chi connectivity index (χ2n) is 2.47. The molecule has 0 amide bonds. The van der Waals surface area contributed by atoms with Crippen molar-refractivity contribution in [3.63, 3.8) is 0 Å². The molecule has 0 aliphatic carbocycles. The number of rotatable bonds is 4. The third-order valence-corrected chi connectivity index (χ3v) is 1.82. The van der Waals surface area contributed by atoms with E-state index in [-0.39, 0.29) is 0 Å². The molecule has 1 aromatic carbocycles. The van der Waals surface area contributed by atoms with Crippen molar-refractivity contribution in [2.24, 2.45) is 0 Å². The lowest BCUT2D eigenvalue weighted by molar-refractivity contribution is 0.535. The number of hydrogen-bond acceptors (Lipinski definition) is 2. The maximum atomic E-state index is 10.3. The Labute approximate surface area is 76.7 Å². The Morgan fingerprint density at radius 1 is 1.42 bits per heavy atom. The summed E-state index contributed by atoms with van der Waals surface area (Å²) in [6.07, 6.45) is 2.38. The first-order valence-electron chi connectivity index (χ1n) is 3.64. The Balaban J connectivity index is 2.56. The highest BCUT2D eigenvalue weighted by atomic mass is 35.5. The van der Waals surface area contributed by atoms with E-state index in [1.165, 1.54) is 0 Å². The number of benzene rings is 1. The third-order valence-electron chi connectivity index (χ3n) is 1.56. The summed E-state index contributed by atoms with van der Waals surface area (Å²) in [6, 6.07) is 9.24. The minimum atomic E-state index is -0.422. The van der Waals surface area contributed by atoms with Crippen LogP contribution in [0.15, 0.2) is 30.3 Å². The normalized spacial score (nSPS) is 12.4. The Kier molecular flexibility index (Phi) is 3.77. The SMILES string of the molecule is O=[C][C@H](Cc1ccccc1)NCl. The van der Waals surface area contributed by atoms with Gasteiger partial charge in [0.15, 0.2) is 0 Å². The van der Waals surface area contributed by atoms with Crippen LogP contribution < -0.4 is 4.84 Å². The van der Waals surface area contributed by atoms with Gasteiger partial charge in [0.25, 0.3) is 0 Å². The smallest absolute Gasteiger partial charge is 0.218 e. The predicted molar refractivity (Wildman–Crippen MR) is 48.6 cm³/mol. The molecule has 0 spiro atoms. The van der Waals surface area contributed by atoms with Crippen LogP contribution in [-0.4, -0.2) is 12.3 Å². The lowest BCUT2D eigenvalue weighted by Crippen LogP contribution is -2.24. The number of halogens is 1. The summed E-state index contributed by atoms with van der Waals surface area (Å²) in [7, 11) is 0. The van der Waals surface area contributed by atoms with Crippen molar-refractivity contribution in [3.05, 3.63) is 35.9 Å². The van der Waals surface area contributed by atoms with Crippen LogP contribution in [0.3, 0.4) is 0 Å². The summed E-state index contributed by atoms with van der Waals surface area (Å²) in [5.41, 5.74) is 1.07. The lowest BCUT2D eigenvalue weighted by Gasteiger charge is -2.05. The molecule has 2 nitrogen and oxygen atoms in total. The summed E-state index contributed by atoms with van der Waals surface area (Å²) < 4.78 is 0. The molecule has 0 bridgehead atoms. The fourth-order valence-electron chi connectivity index (χ4n) is 0.952. The van der Waals surface area contributed by atoms with Gasteiger partial charge in [-0.2, -0.15) is 0 Å². The van der Waals surface area contributed by atoms with Gasteiger partial charge in [0.1, 0.15) is 0 Å². The quantitative estimate of drug-likeness (QED) is 0.715. The highest BCUT2D eigenvalue weighted by Gasteiger charge is 2.06. The molecule has 63 valence electrons. The van der Waals surface area contributed by atoms with Crippen molar-refractivity contribution in [3.8, 4) is 0 Å². The molecule has 1 rings (SSSR count). The molecule has 3 heteroatoms. The van der Waals surface area contributed by atoms with Crippen molar-refractivity contribution >= 4 is 18.1 Å². The van der Waals surface area contributed by atoms with Crippen molar-refractivity contribution in [2.45, 2.75) is 12.5 Å². The van der Waals surface area contributed by atoms with Crippen LogP contribution in [0.2, 0.25) is 0 Å². The average Bonchev–Trinajstić information content (AvgIpc) is 2.16. The van der Waals surface area contributed by atoms with Crippen LogP contribution in [0.4, 0.5) is 0 Å². The highest BCUT2D eigenvalue weighted by molar-refractivity contribution is 6.14. The number of carbonyl (C=O) groups excluding carboxylic acids is 1. The van der Waals surface area contributed by atoms with E-state index in [1.807, 2.05) is 36.6 Å². The Morgan fingerprint density at radius 2 is 2.08 bits per heavy atom. The molecule has 0 aliphatic rings. The largest absolute Gasteiger partial charge is 0.289 e.